The zero-order chi connectivity index (χ0) is 18.2. The maximum atomic E-state index is 14.1. The SMILES string of the molecule is Cc1nccc(-n2cnc(C(C)c3ccc(C(F)(F)F)cc3F)n2)n1. The van der Waals surface area contributed by atoms with E-state index in [4.69, 9.17) is 0 Å². The Labute approximate surface area is 140 Å². The van der Waals surface area contributed by atoms with Gasteiger partial charge in [0.2, 0.25) is 0 Å². The molecule has 0 spiro atoms. The maximum absolute atomic E-state index is 14.1. The van der Waals surface area contributed by atoms with Crippen LogP contribution in [-0.4, -0.2) is 24.7 Å². The molecular formula is C16H13F4N5. The standard InChI is InChI=1S/C16H13F4N5/c1-9(12-4-3-11(7-13(12)17)16(18,19)20)15-22-8-25(24-15)14-5-6-21-10(2)23-14/h3-9H,1-2H3. The third kappa shape index (κ3) is 3.49. The number of aromatic nitrogens is 5. The molecular weight excluding hydrogens is 338 g/mol. The van der Waals surface area contributed by atoms with Gasteiger partial charge in [0.1, 0.15) is 18.0 Å². The van der Waals surface area contributed by atoms with Crippen molar-refractivity contribution in [2.24, 2.45) is 0 Å². The first-order valence-corrected chi connectivity index (χ1v) is 7.34. The Balaban J connectivity index is 1.90. The molecule has 0 amide bonds. The van der Waals surface area contributed by atoms with Crippen LogP contribution >= 0.6 is 0 Å². The molecule has 0 radical (unpaired) electrons. The molecule has 2 aromatic heterocycles. The van der Waals surface area contributed by atoms with Crippen LogP contribution in [-0.2, 0) is 6.18 Å². The van der Waals surface area contributed by atoms with Gasteiger partial charge in [-0.3, -0.25) is 0 Å². The highest BCUT2D eigenvalue weighted by Crippen LogP contribution is 2.32. The minimum atomic E-state index is -4.59. The van der Waals surface area contributed by atoms with Crippen molar-refractivity contribution >= 4 is 0 Å². The van der Waals surface area contributed by atoms with Crippen molar-refractivity contribution in [1.82, 2.24) is 24.7 Å². The van der Waals surface area contributed by atoms with Crippen LogP contribution in [0.2, 0.25) is 0 Å². The summed E-state index contributed by atoms with van der Waals surface area (Å²) in [7, 11) is 0. The smallest absolute Gasteiger partial charge is 0.242 e. The minimum absolute atomic E-state index is 0.0876. The Kier molecular flexibility index (Phi) is 4.23. The Morgan fingerprint density at radius 2 is 1.88 bits per heavy atom. The van der Waals surface area contributed by atoms with E-state index >= 15 is 0 Å². The molecule has 1 aromatic carbocycles. The predicted molar refractivity (Wildman–Crippen MR) is 80.6 cm³/mol. The molecule has 0 fully saturated rings. The second-order valence-electron chi connectivity index (χ2n) is 5.47. The number of benzene rings is 1. The van der Waals surface area contributed by atoms with Gasteiger partial charge >= 0.3 is 6.18 Å². The summed E-state index contributed by atoms with van der Waals surface area (Å²) in [6.45, 7) is 3.35. The normalized spacial score (nSPS) is 13.0. The first-order chi connectivity index (χ1) is 11.8. The highest BCUT2D eigenvalue weighted by molar-refractivity contribution is 5.31. The van der Waals surface area contributed by atoms with Crippen LogP contribution in [0.3, 0.4) is 0 Å². The molecule has 0 N–H and O–H groups in total. The van der Waals surface area contributed by atoms with Crippen molar-refractivity contribution in [2.75, 3.05) is 0 Å². The van der Waals surface area contributed by atoms with Gasteiger partial charge in [-0.05, 0) is 24.6 Å². The second kappa shape index (κ2) is 6.23. The molecule has 3 aromatic rings. The van der Waals surface area contributed by atoms with E-state index in [9.17, 15) is 17.6 Å². The summed E-state index contributed by atoms with van der Waals surface area (Å²) >= 11 is 0. The van der Waals surface area contributed by atoms with Crippen molar-refractivity contribution in [3.05, 3.63) is 65.4 Å². The first-order valence-electron chi connectivity index (χ1n) is 7.34. The van der Waals surface area contributed by atoms with Crippen molar-refractivity contribution in [3.63, 3.8) is 0 Å². The lowest BCUT2D eigenvalue weighted by molar-refractivity contribution is -0.137. The lowest BCUT2D eigenvalue weighted by Crippen LogP contribution is -2.08. The molecule has 3 rings (SSSR count). The molecule has 0 saturated carbocycles. The van der Waals surface area contributed by atoms with Crippen LogP contribution in [0.15, 0.2) is 36.8 Å². The van der Waals surface area contributed by atoms with Crippen LogP contribution in [0.25, 0.3) is 5.82 Å². The Bertz CT molecular complexity index is 904. The topological polar surface area (TPSA) is 56.5 Å². The number of hydrogen-bond donors (Lipinski definition) is 0. The average Bonchev–Trinajstić information content (AvgIpc) is 3.03. The fourth-order valence-corrected chi connectivity index (χ4v) is 2.35. The molecule has 2 heterocycles. The summed E-state index contributed by atoms with van der Waals surface area (Å²) in [5.41, 5.74) is -0.944. The van der Waals surface area contributed by atoms with Gasteiger partial charge in [-0.2, -0.15) is 13.2 Å². The molecule has 0 aliphatic rings. The van der Waals surface area contributed by atoms with E-state index < -0.39 is 23.5 Å². The molecule has 5 nitrogen and oxygen atoms in total. The molecule has 0 saturated heterocycles. The molecule has 0 aliphatic carbocycles. The molecule has 0 bridgehead atoms. The zero-order valence-corrected chi connectivity index (χ0v) is 13.3. The summed E-state index contributed by atoms with van der Waals surface area (Å²) in [5.74, 6) is -0.249. The van der Waals surface area contributed by atoms with Crippen LogP contribution in [0, 0.1) is 12.7 Å². The van der Waals surface area contributed by atoms with E-state index in [0.29, 0.717) is 17.7 Å². The zero-order valence-electron chi connectivity index (χ0n) is 13.3. The quantitative estimate of drug-likeness (QED) is 0.676. The fraction of sp³-hybridized carbons (Fsp3) is 0.250. The average molecular weight is 351 g/mol. The third-order valence-electron chi connectivity index (χ3n) is 3.69. The number of alkyl halides is 3. The third-order valence-corrected chi connectivity index (χ3v) is 3.69. The summed E-state index contributed by atoms with van der Waals surface area (Å²) < 4.78 is 53.4. The van der Waals surface area contributed by atoms with Crippen molar-refractivity contribution in [2.45, 2.75) is 25.9 Å². The van der Waals surface area contributed by atoms with Crippen molar-refractivity contribution in [3.8, 4) is 5.82 Å². The minimum Gasteiger partial charge on any atom is -0.242 e. The Hall–Kier alpha value is -2.84. The second-order valence-corrected chi connectivity index (χ2v) is 5.47. The fourth-order valence-electron chi connectivity index (χ4n) is 2.35. The van der Waals surface area contributed by atoms with Crippen molar-refractivity contribution < 1.29 is 17.6 Å². The van der Waals surface area contributed by atoms with Gasteiger partial charge in [-0.1, -0.05) is 13.0 Å². The molecule has 25 heavy (non-hydrogen) atoms. The van der Waals surface area contributed by atoms with Crippen molar-refractivity contribution in [1.29, 1.82) is 0 Å². The van der Waals surface area contributed by atoms with Gasteiger partial charge in [0.25, 0.3) is 0 Å². The van der Waals surface area contributed by atoms with Crippen LogP contribution in [0.5, 0.6) is 0 Å². The van der Waals surface area contributed by atoms with E-state index in [1.54, 1.807) is 26.1 Å². The lowest BCUT2D eigenvalue weighted by atomic mass is 9.98. The largest absolute Gasteiger partial charge is 0.416 e. The monoisotopic (exact) mass is 351 g/mol. The lowest BCUT2D eigenvalue weighted by Gasteiger charge is -2.12. The summed E-state index contributed by atoms with van der Waals surface area (Å²) in [6.07, 6.45) is -1.61. The molecule has 130 valence electrons. The number of nitrogens with zero attached hydrogens (tertiary/aromatic N) is 5. The van der Waals surface area contributed by atoms with Crippen LogP contribution in [0.1, 0.15) is 35.6 Å². The highest BCUT2D eigenvalue weighted by atomic mass is 19.4. The maximum Gasteiger partial charge on any atom is 0.416 e. The molecule has 1 unspecified atom stereocenters. The van der Waals surface area contributed by atoms with E-state index in [1.807, 2.05) is 0 Å². The van der Waals surface area contributed by atoms with Crippen LogP contribution < -0.4 is 0 Å². The van der Waals surface area contributed by atoms with Crippen LogP contribution in [0.4, 0.5) is 17.6 Å². The summed E-state index contributed by atoms with van der Waals surface area (Å²) in [4.78, 5) is 12.3. The molecule has 1 atom stereocenters. The van der Waals surface area contributed by atoms with E-state index in [2.05, 4.69) is 20.1 Å². The summed E-state index contributed by atoms with van der Waals surface area (Å²) in [6, 6.07) is 4.07. The first kappa shape index (κ1) is 17.0. The van der Waals surface area contributed by atoms with Gasteiger partial charge in [0, 0.05) is 18.2 Å². The van der Waals surface area contributed by atoms with E-state index in [-0.39, 0.29) is 11.4 Å². The molecule has 0 aliphatic heterocycles. The summed E-state index contributed by atoms with van der Waals surface area (Å²) in [5, 5.41) is 4.24. The Morgan fingerprint density at radius 3 is 2.52 bits per heavy atom. The molecule has 9 heteroatoms. The van der Waals surface area contributed by atoms with Gasteiger partial charge in [-0.25, -0.2) is 24.0 Å². The van der Waals surface area contributed by atoms with Gasteiger partial charge in [0.15, 0.2) is 11.6 Å². The van der Waals surface area contributed by atoms with E-state index in [1.165, 1.54) is 11.0 Å². The van der Waals surface area contributed by atoms with Gasteiger partial charge in [-0.15, -0.1) is 5.10 Å². The number of halogens is 4. The van der Waals surface area contributed by atoms with Gasteiger partial charge < -0.3 is 0 Å². The number of hydrogen-bond acceptors (Lipinski definition) is 4. The predicted octanol–water partition coefficient (Wildman–Crippen LogP) is 3.68. The Morgan fingerprint density at radius 1 is 1.12 bits per heavy atom. The van der Waals surface area contributed by atoms with E-state index in [0.717, 1.165) is 12.1 Å². The van der Waals surface area contributed by atoms with Gasteiger partial charge in [0.05, 0.1) is 5.56 Å². The number of rotatable bonds is 3. The highest BCUT2D eigenvalue weighted by Gasteiger charge is 2.31. The number of aryl methyl sites for hydroxylation is 1.